The Morgan fingerprint density at radius 3 is 1.37 bits per heavy atom. The van der Waals surface area contributed by atoms with Crippen LogP contribution in [0.1, 0.15) is 49.9 Å². The van der Waals surface area contributed by atoms with Crippen LogP contribution in [0.5, 0.6) is 0 Å². The lowest BCUT2D eigenvalue weighted by molar-refractivity contribution is -0.122. The molecule has 1 aliphatic rings. The first kappa shape index (κ1) is 25.5. The van der Waals surface area contributed by atoms with E-state index in [1.807, 2.05) is 48.6 Å². The topological polar surface area (TPSA) is 58.2 Å². The maximum atomic E-state index is 13.0. The Morgan fingerprint density at radius 1 is 0.553 bits per heavy atom. The summed E-state index contributed by atoms with van der Waals surface area (Å²) in [5.41, 5.74) is 2.11. The molecule has 1 aliphatic heterocycles. The standard InChI is InChI=1S/C34H34N2O2/c1-23-9-7-15-32(38)36-34(30-20-18-26-12-4-6-14-28(26)22-30)24(2)10-8-16-31(37)35-33(23)29-19-17-25-11-3-5-13-27(25)21-29/h3-14,17-24,33-34H,15-16H2,1-2H3,(H,35,37)(H,36,38). The molecule has 5 rings (SSSR count). The van der Waals surface area contributed by atoms with Gasteiger partial charge >= 0.3 is 0 Å². The summed E-state index contributed by atoms with van der Waals surface area (Å²) in [5.74, 6) is -0.0181. The highest BCUT2D eigenvalue weighted by Gasteiger charge is 2.22. The summed E-state index contributed by atoms with van der Waals surface area (Å²) >= 11 is 0. The number of rotatable bonds is 2. The molecular weight excluding hydrogens is 468 g/mol. The van der Waals surface area contributed by atoms with Crippen molar-refractivity contribution in [1.29, 1.82) is 0 Å². The average molecular weight is 503 g/mol. The van der Waals surface area contributed by atoms with Crippen LogP contribution in [-0.4, -0.2) is 11.8 Å². The van der Waals surface area contributed by atoms with E-state index >= 15 is 0 Å². The maximum Gasteiger partial charge on any atom is 0.224 e. The second-order valence-corrected chi connectivity index (χ2v) is 10.3. The third kappa shape index (κ3) is 5.86. The van der Waals surface area contributed by atoms with Gasteiger partial charge in [0.1, 0.15) is 0 Å². The van der Waals surface area contributed by atoms with Crippen LogP contribution >= 0.6 is 0 Å². The fourth-order valence-electron chi connectivity index (χ4n) is 5.31. The van der Waals surface area contributed by atoms with Gasteiger partial charge in [0.25, 0.3) is 0 Å². The van der Waals surface area contributed by atoms with E-state index < -0.39 is 0 Å². The first-order valence-corrected chi connectivity index (χ1v) is 13.4. The van der Waals surface area contributed by atoms with Gasteiger partial charge in [0.05, 0.1) is 12.1 Å². The van der Waals surface area contributed by atoms with Gasteiger partial charge < -0.3 is 10.6 Å². The van der Waals surface area contributed by atoms with Crippen molar-refractivity contribution in [3.05, 3.63) is 120 Å². The summed E-state index contributed by atoms with van der Waals surface area (Å²) in [6.07, 6.45) is 8.48. The normalized spacial score (nSPS) is 23.1. The summed E-state index contributed by atoms with van der Waals surface area (Å²) < 4.78 is 0. The van der Waals surface area contributed by atoms with Gasteiger partial charge in [-0.25, -0.2) is 0 Å². The Hall–Kier alpha value is -4.18. The molecule has 192 valence electrons. The molecule has 0 spiro atoms. The number of carbonyl (C=O) groups is 2. The maximum absolute atomic E-state index is 13.0. The van der Waals surface area contributed by atoms with Crippen LogP contribution < -0.4 is 10.6 Å². The quantitative estimate of drug-likeness (QED) is 0.285. The van der Waals surface area contributed by atoms with E-state index in [0.717, 1.165) is 21.9 Å². The Bertz CT molecular complexity index is 1400. The highest BCUT2D eigenvalue weighted by atomic mass is 16.2. The minimum atomic E-state index is -0.189. The zero-order chi connectivity index (χ0) is 26.5. The van der Waals surface area contributed by atoms with Crippen LogP contribution in [0.4, 0.5) is 0 Å². The number of benzene rings is 4. The van der Waals surface area contributed by atoms with Crippen molar-refractivity contribution in [2.45, 2.75) is 38.8 Å². The molecule has 4 atom stereocenters. The molecule has 4 heteroatoms. The number of carbonyl (C=O) groups excluding carboxylic acids is 2. The third-order valence-electron chi connectivity index (χ3n) is 7.44. The van der Waals surface area contributed by atoms with Crippen LogP contribution in [0.3, 0.4) is 0 Å². The summed E-state index contributed by atoms with van der Waals surface area (Å²) in [5, 5.41) is 11.1. The Kier molecular flexibility index (Phi) is 7.69. The fourth-order valence-corrected chi connectivity index (χ4v) is 5.31. The summed E-state index contributed by atoms with van der Waals surface area (Å²) in [6.45, 7) is 4.16. The van der Waals surface area contributed by atoms with Gasteiger partial charge in [-0.1, -0.05) is 111 Å². The first-order chi connectivity index (χ1) is 18.5. The van der Waals surface area contributed by atoms with Gasteiger partial charge in [0.15, 0.2) is 0 Å². The van der Waals surface area contributed by atoms with Gasteiger partial charge in [-0.15, -0.1) is 0 Å². The van der Waals surface area contributed by atoms with Crippen LogP contribution in [0.2, 0.25) is 0 Å². The Labute approximate surface area is 224 Å². The van der Waals surface area contributed by atoms with E-state index in [4.69, 9.17) is 0 Å². The molecule has 0 bridgehead atoms. The molecule has 2 N–H and O–H groups in total. The molecule has 0 saturated carbocycles. The van der Waals surface area contributed by atoms with Crippen molar-refractivity contribution in [1.82, 2.24) is 10.6 Å². The smallest absolute Gasteiger partial charge is 0.224 e. The third-order valence-corrected chi connectivity index (χ3v) is 7.44. The van der Waals surface area contributed by atoms with Crippen molar-refractivity contribution in [2.24, 2.45) is 11.8 Å². The fraction of sp³-hybridized carbons (Fsp3) is 0.235. The Balaban J connectivity index is 1.41. The summed E-state index contributed by atoms with van der Waals surface area (Å²) in [6, 6.07) is 28.7. The van der Waals surface area contributed by atoms with Crippen molar-refractivity contribution >= 4 is 33.4 Å². The number of hydrogen-bond acceptors (Lipinski definition) is 2. The van der Waals surface area contributed by atoms with E-state index in [-0.39, 0.29) is 48.6 Å². The van der Waals surface area contributed by atoms with Crippen LogP contribution in [-0.2, 0) is 9.59 Å². The monoisotopic (exact) mass is 502 g/mol. The minimum Gasteiger partial charge on any atom is -0.348 e. The number of hydrogen-bond donors (Lipinski definition) is 2. The molecular formula is C34H34N2O2. The van der Waals surface area contributed by atoms with E-state index in [9.17, 15) is 9.59 Å². The minimum absolute atomic E-state index is 0.00930. The van der Waals surface area contributed by atoms with Gasteiger partial charge in [-0.2, -0.15) is 0 Å². The molecule has 2 amide bonds. The highest BCUT2D eigenvalue weighted by Crippen LogP contribution is 2.29. The second-order valence-electron chi connectivity index (χ2n) is 10.3. The molecule has 4 aromatic carbocycles. The lowest BCUT2D eigenvalue weighted by Crippen LogP contribution is -2.33. The number of fused-ring (bicyclic) bond motifs is 2. The van der Waals surface area contributed by atoms with Crippen LogP contribution in [0.25, 0.3) is 21.5 Å². The molecule has 4 unspecified atom stereocenters. The molecule has 4 aromatic rings. The van der Waals surface area contributed by atoms with Gasteiger partial charge in [0.2, 0.25) is 11.8 Å². The lowest BCUT2D eigenvalue weighted by Gasteiger charge is -2.26. The predicted octanol–water partition coefficient (Wildman–Crippen LogP) is 7.19. The molecule has 38 heavy (non-hydrogen) atoms. The molecule has 1 heterocycles. The van der Waals surface area contributed by atoms with Crippen molar-refractivity contribution in [3.63, 3.8) is 0 Å². The Morgan fingerprint density at radius 2 is 0.947 bits per heavy atom. The zero-order valence-corrected chi connectivity index (χ0v) is 21.9. The molecule has 4 nitrogen and oxygen atoms in total. The lowest BCUT2D eigenvalue weighted by atomic mass is 9.91. The van der Waals surface area contributed by atoms with Crippen LogP contribution in [0, 0.1) is 11.8 Å². The van der Waals surface area contributed by atoms with E-state index in [1.54, 1.807) is 0 Å². The molecule has 0 radical (unpaired) electrons. The number of nitrogens with one attached hydrogen (secondary N) is 2. The second kappa shape index (κ2) is 11.5. The van der Waals surface area contributed by atoms with Crippen molar-refractivity contribution < 1.29 is 9.59 Å². The van der Waals surface area contributed by atoms with E-state index in [2.05, 4.69) is 85.1 Å². The summed E-state index contributed by atoms with van der Waals surface area (Å²) in [4.78, 5) is 26.1. The number of amides is 2. The first-order valence-electron chi connectivity index (χ1n) is 13.4. The van der Waals surface area contributed by atoms with E-state index in [0.29, 0.717) is 0 Å². The van der Waals surface area contributed by atoms with Crippen molar-refractivity contribution in [2.75, 3.05) is 0 Å². The molecule has 0 aliphatic carbocycles. The predicted molar refractivity (Wildman–Crippen MR) is 156 cm³/mol. The van der Waals surface area contributed by atoms with Gasteiger partial charge in [0, 0.05) is 12.8 Å². The van der Waals surface area contributed by atoms with E-state index in [1.165, 1.54) is 10.8 Å². The largest absolute Gasteiger partial charge is 0.348 e. The highest BCUT2D eigenvalue weighted by molar-refractivity contribution is 5.85. The van der Waals surface area contributed by atoms with Crippen LogP contribution in [0.15, 0.2) is 109 Å². The van der Waals surface area contributed by atoms with Crippen molar-refractivity contribution in [3.8, 4) is 0 Å². The average Bonchev–Trinajstić information content (AvgIpc) is 2.93. The molecule has 0 fully saturated rings. The summed E-state index contributed by atoms with van der Waals surface area (Å²) in [7, 11) is 0. The van der Waals surface area contributed by atoms with Gasteiger partial charge in [-0.05, 0) is 56.6 Å². The molecule has 0 saturated heterocycles. The van der Waals surface area contributed by atoms with Gasteiger partial charge in [-0.3, -0.25) is 9.59 Å². The SMILES string of the molecule is CC1C=CCC(=O)NC(c2ccc3ccccc3c2)C(C)C=CCC(=O)NC1c1ccc2ccccc2c1. The molecule has 0 aromatic heterocycles. The zero-order valence-electron chi connectivity index (χ0n) is 21.9.